The molecule has 0 saturated carbocycles. The third-order valence-corrected chi connectivity index (χ3v) is 3.93. The highest BCUT2D eigenvalue weighted by Crippen LogP contribution is 2.31. The maximum atomic E-state index is 5.14. The Morgan fingerprint density at radius 2 is 2.16 bits per heavy atom. The number of rotatable bonds is 5. The zero-order valence-corrected chi connectivity index (χ0v) is 13.5. The molecular weight excluding hydrogens is 306 g/mol. The number of aromatic nitrogens is 3. The van der Waals surface area contributed by atoms with Crippen LogP contribution in [0.3, 0.4) is 0 Å². The average molecular weight is 326 g/mol. The van der Waals surface area contributed by atoms with Gasteiger partial charge in [-0.2, -0.15) is 0 Å². The van der Waals surface area contributed by atoms with Gasteiger partial charge in [0, 0.05) is 31.9 Å². The van der Waals surface area contributed by atoms with E-state index >= 15 is 0 Å². The van der Waals surface area contributed by atoms with Crippen LogP contribution in [0.15, 0.2) is 16.9 Å². The summed E-state index contributed by atoms with van der Waals surface area (Å²) in [5, 5.41) is 0. The summed E-state index contributed by atoms with van der Waals surface area (Å²) in [7, 11) is 3.80. The summed E-state index contributed by atoms with van der Waals surface area (Å²) in [6.07, 6.45) is 3.87. The molecule has 0 aliphatic heterocycles. The monoisotopic (exact) mass is 325 g/mol. The molecule has 0 radical (unpaired) electrons. The van der Waals surface area contributed by atoms with Gasteiger partial charge in [0.05, 0.1) is 6.20 Å². The standard InChI is InChI=1S/C14H20BrN3O/c1-14(2,6-5-7-19-4)11-8-10-13(18(11)3)17-12(15)9-16-10/h8-9H,5-7H2,1-4H3. The van der Waals surface area contributed by atoms with Crippen molar-refractivity contribution < 1.29 is 4.74 Å². The second kappa shape index (κ2) is 5.59. The lowest BCUT2D eigenvalue weighted by molar-refractivity contribution is 0.185. The van der Waals surface area contributed by atoms with Crippen molar-refractivity contribution in [2.45, 2.75) is 32.1 Å². The van der Waals surface area contributed by atoms with Crippen LogP contribution in [0.25, 0.3) is 11.2 Å². The van der Waals surface area contributed by atoms with Crippen LogP contribution >= 0.6 is 15.9 Å². The molecule has 0 unspecified atom stereocenters. The molecule has 0 spiro atoms. The van der Waals surface area contributed by atoms with Gasteiger partial charge in [-0.15, -0.1) is 0 Å². The Kier molecular flexibility index (Phi) is 4.26. The van der Waals surface area contributed by atoms with E-state index < -0.39 is 0 Å². The van der Waals surface area contributed by atoms with E-state index in [1.54, 1.807) is 13.3 Å². The Bertz CT molecular complexity index is 577. The third kappa shape index (κ3) is 2.98. The summed E-state index contributed by atoms with van der Waals surface area (Å²) in [4.78, 5) is 8.92. The summed E-state index contributed by atoms with van der Waals surface area (Å²) in [6.45, 7) is 5.31. The Morgan fingerprint density at radius 3 is 2.84 bits per heavy atom. The summed E-state index contributed by atoms with van der Waals surface area (Å²) in [5.74, 6) is 0. The lowest BCUT2D eigenvalue weighted by Crippen LogP contribution is -2.21. The SMILES string of the molecule is COCCCC(C)(C)c1cc2ncc(Br)nc2n1C. The molecule has 0 saturated heterocycles. The van der Waals surface area contributed by atoms with Gasteiger partial charge in [0.1, 0.15) is 10.1 Å². The fourth-order valence-corrected chi connectivity index (χ4v) is 2.76. The van der Waals surface area contributed by atoms with E-state index in [9.17, 15) is 0 Å². The Hall–Kier alpha value is -0.940. The van der Waals surface area contributed by atoms with E-state index in [1.165, 1.54) is 5.69 Å². The van der Waals surface area contributed by atoms with Crippen molar-refractivity contribution in [2.75, 3.05) is 13.7 Å². The van der Waals surface area contributed by atoms with E-state index in [1.807, 2.05) is 0 Å². The second-order valence-corrected chi connectivity index (χ2v) is 6.28. The molecule has 0 aliphatic carbocycles. The summed E-state index contributed by atoms with van der Waals surface area (Å²) in [5.41, 5.74) is 3.21. The molecule has 0 fully saturated rings. The molecule has 2 rings (SSSR count). The predicted molar refractivity (Wildman–Crippen MR) is 80.3 cm³/mol. The fourth-order valence-electron chi connectivity index (χ4n) is 2.49. The first-order valence-electron chi connectivity index (χ1n) is 6.43. The van der Waals surface area contributed by atoms with Crippen molar-refractivity contribution in [2.24, 2.45) is 7.05 Å². The zero-order valence-electron chi connectivity index (χ0n) is 11.9. The number of ether oxygens (including phenoxy) is 1. The smallest absolute Gasteiger partial charge is 0.159 e. The summed E-state index contributed by atoms with van der Waals surface area (Å²) >= 11 is 3.37. The summed E-state index contributed by atoms with van der Waals surface area (Å²) < 4.78 is 8.05. The van der Waals surface area contributed by atoms with E-state index in [0.717, 1.165) is 35.2 Å². The predicted octanol–water partition coefficient (Wildman–Crippen LogP) is 3.44. The molecule has 5 heteroatoms. The van der Waals surface area contributed by atoms with E-state index in [-0.39, 0.29) is 5.41 Å². The van der Waals surface area contributed by atoms with Crippen molar-refractivity contribution in [3.8, 4) is 0 Å². The van der Waals surface area contributed by atoms with Crippen LogP contribution in [0.2, 0.25) is 0 Å². The lowest BCUT2D eigenvalue weighted by Gasteiger charge is -2.25. The van der Waals surface area contributed by atoms with Gasteiger partial charge < -0.3 is 9.30 Å². The molecule has 0 amide bonds. The maximum absolute atomic E-state index is 5.14. The minimum Gasteiger partial charge on any atom is -0.385 e. The lowest BCUT2D eigenvalue weighted by atomic mass is 9.84. The molecule has 0 aliphatic rings. The fraction of sp³-hybridized carbons (Fsp3) is 0.571. The average Bonchev–Trinajstić information content (AvgIpc) is 2.68. The first kappa shape index (κ1) is 14.5. The van der Waals surface area contributed by atoms with Crippen LogP contribution in [0.1, 0.15) is 32.4 Å². The van der Waals surface area contributed by atoms with Crippen molar-refractivity contribution in [3.63, 3.8) is 0 Å². The van der Waals surface area contributed by atoms with Gasteiger partial charge in [0.2, 0.25) is 0 Å². The normalized spacial score (nSPS) is 12.3. The molecule has 19 heavy (non-hydrogen) atoms. The van der Waals surface area contributed by atoms with Crippen LogP contribution in [0.5, 0.6) is 0 Å². The first-order chi connectivity index (χ1) is 8.95. The van der Waals surface area contributed by atoms with Gasteiger partial charge >= 0.3 is 0 Å². The highest BCUT2D eigenvalue weighted by Gasteiger charge is 2.25. The van der Waals surface area contributed by atoms with Crippen molar-refractivity contribution in [1.29, 1.82) is 0 Å². The Balaban J connectivity index is 2.36. The van der Waals surface area contributed by atoms with Crippen molar-refractivity contribution >= 4 is 27.1 Å². The molecule has 0 aromatic carbocycles. The van der Waals surface area contributed by atoms with E-state index in [4.69, 9.17) is 4.74 Å². The second-order valence-electron chi connectivity index (χ2n) is 5.47. The molecule has 104 valence electrons. The molecule has 2 aromatic heterocycles. The molecule has 4 nitrogen and oxygen atoms in total. The Morgan fingerprint density at radius 1 is 1.42 bits per heavy atom. The molecular formula is C14H20BrN3O. The van der Waals surface area contributed by atoms with Crippen LogP contribution < -0.4 is 0 Å². The topological polar surface area (TPSA) is 39.9 Å². The van der Waals surface area contributed by atoms with E-state index in [2.05, 4.69) is 57.4 Å². The Labute approximate surface area is 122 Å². The largest absolute Gasteiger partial charge is 0.385 e. The number of aryl methyl sites for hydroxylation is 1. The summed E-state index contributed by atoms with van der Waals surface area (Å²) in [6, 6.07) is 2.14. The minimum atomic E-state index is 0.0855. The van der Waals surface area contributed by atoms with E-state index in [0.29, 0.717) is 0 Å². The van der Waals surface area contributed by atoms with Crippen LogP contribution in [0, 0.1) is 0 Å². The van der Waals surface area contributed by atoms with Gasteiger partial charge in [0.25, 0.3) is 0 Å². The van der Waals surface area contributed by atoms with Gasteiger partial charge in [0.15, 0.2) is 5.65 Å². The molecule has 0 bridgehead atoms. The maximum Gasteiger partial charge on any atom is 0.159 e. The van der Waals surface area contributed by atoms with Crippen molar-refractivity contribution in [1.82, 2.24) is 14.5 Å². The number of nitrogens with zero attached hydrogens (tertiary/aromatic N) is 3. The van der Waals surface area contributed by atoms with Gasteiger partial charge in [-0.1, -0.05) is 13.8 Å². The van der Waals surface area contributed by atoms with Crippen LogP contribution in [0.4, 0.5) is 0 Å². The number of hydrogen-bond acceptors (Lipinski definition) is 3. The zero-order chi connectivity index (χ0) is 14.0. The van der Waals surface area contributed by atoms with Gasteiger partial charge in [-0.3, -0.25) is 4.98 Å². The van der Waals surface area contributed by atoms with Crippen molar-refractivity contribution in [3.05, 3.63) is 22.6 Å². The first-order valence-corrected chi connectivity index (χ1v) is 7.22. The number of halogens is 1. The van der Waals surface area contributed by atoms with Gasteiger partial charge in [-0.05, 0) is 34.8 Å². The number of fused-ring (bicyclic) bond motifs is 1. The quantitative estimate of drug-likeness (QED) is 0.790. The molecule has 2 aromatic rings. The number of methoxy groups -OCH3 is 1. The number of hydrogen-bond donors (Lipinski definition) is 0. The van der Waals surface area contributed by atoms with Gasteiger partial charge in [-0.25, -0.2) is 4.98 Å². The molecule has 0 N–H and O–H groups in total. The third-order valence-electron chi connectivity index (χ3n) is 3.55. The molecule has 2 heterocycles. The van der Waals surface area contributed by atoms with Crippen LogP contribution in [-0.2, 0) is 17.2 Å². The minimum absolute atomic E-state index is 0.0855. The highest BCUT2D eigenvalue weighted by atomic mass is 79.9. The highest BCUT2D eigenvalue weighted by molar-refractivity contribution is 9.10. The van der Waals surface area contributed by atoms with Crippen LogP contribution in [-0.4, -0.2) is 28.3 Å². The molecule has 0 atom stereocenters.